The molecule has 0 unspecified atom stereocenters. The summed E-state index contributed by atoms with van der Waals surface area (Å²) in [7, 11) is 2.14. The van der Waals surface area contributed by atoms with E-state index in [1.165, 1.54) is 16.8 Å². The van der Waals surface area contributed by atoms with Crippen molar-refractivity contribution in [2.24, 2.45) is 0 Å². The molecule has 1 rings (SSSR count). The number of anilines is 1. The van der Waals surface area contributed by atoms with Crippen LogP contribution in [0, 0.1) is 6.92 Å². The minimum atomic E-state index is 0.306. The average Bonchev–Trinajstić information content (AvgIpc) is 2.41. The standard InChI is InChI=1S/C17H30N2O/c1-14(2)18-13-16-8-9-17(12-15(16)3)19(4)10-6-5-7-11-20/h8-9,12,14,18,20H,5-7,10-11,13H2,1-4H3. The molecule has 1 aromatic carbocycles. The summed E-state index contributed by atoms with van der Waals surface area (Å²) in [5, 5.41) is 12.2. The first-order valence-corrected chi connectivity index (χ1v) is 7.69. The highest BCUT2D eigenvalue weighted by molar-refractivity contribution is 5.50. The van der Waals surface area contributed by atoms with Crippen molar-refractivity contribution in [3.63, 3.8) is 0 Å². The molecular weight excluding hydrogens is 248 g/mol. The maximum absolute atomic E-state index is 8.79. The van der Waals surface area contributed by atoms with E-state index in [0.29, 0.717) is 12.6 Å². The predicted molar refractivity (Wildman–Crippen MR) is 87.4 cm³/mol. The van der Waals surface area contributed by atoms with Crippen molar-refractivity contribution >= 4 is 5.69 Å². The molecule has 114 valence electrons. The lowest BCUT2D eigenvalue weighted by Crippen LogP contribution is -2.22. The van der Waals surface area contributed by atoms with E-state index in [-0.39, 0.29) is 0 Å². The summed E-state index contributed by atoms with van der Waals surface area (Å²) in [6.45, 7) is 8.81. The Kier molecular flexibility index (Phi) is 7.63. The summed E-state index contributed by atoms with van der Waals surface area (Å²) in [5.41, 5.74) is 3.99. The lowest BCUT2D eigenvalue weighted by atomic mass is 10.1. The number of benzene rings is 1. The number of aryl methyl sites for hydroxylation is 1. The summed E-state index contributed by atoms with van der Waals surface area (Å²) in [6, 6.07) is 7.22. The Morgan fingerprint density at radius 3 is 2.55 bits per heavy atom. The van der Waals surface area contributed by atoms with Crippen LogP contribution in [0.1, 0.15) is 44.2 Å². The van der Waals surface area contributed by atoms with Crippen LogP contribution < -0.4 is 10.2 Å². The van der Waals surface area contributed by atoms with Crippen LogP contribution in [-0.2, 0) is 6.54 Å². The van der Waals surface area contributed by atoms with Crippen LogP contribution in [-0.4, -0.2) is 31.3 Å². The number of nitrogens with one attached hydrogen (secondary N) is 1. The van der Waals surface area contributed by atoms with Crippen molar-refractivity contribution < 1.29 is 5.11 Å². The third-order valence-corrected chi connectivity index (χ3v) is 3.62. The van der Waals surface area contributed by atoms with Gasteiger partial charge >= 0.3 is 0 Å². The fraction of sp³-hybridized carbons (Fsp3) is 0.647. The number of aliphatic hydroxyl groups is 1. The molecule has 2 N–H and O–H groups in total. The zero-order valence-electron chi connectivity index (χ0n) is 13.4. The summed E-state index contributed by atoms with van der Waals surface area (Å²) < 4.78 is 0. The second-order valence-electron chi connectivity index (χ2n) is 5.85. The zero-order chi connectivity index (χ0) is 15.0. The van der Waals surface area contributed by atoms with E-state index >= 15 is 0 Å². The van der Waals surface area contributed by atoms with Crippen molar-refractivity contribution in [1.82, 2.24) is 5.32 Å². The van der Waals surface area contributed by atoms with Gasteiger partial charge in [0.05, 0.1) is 0 Å². The number of rotatable bonds is 9. The van der Waals surface area contributed by atoms with E-state index in [1.807, 2.05) is 0 Å². The first-order chi connectivity index (χ1) is 9.54. The molecule has 0 saturated carbocycles. The molecule has 1 aromatic rings. The summed E-state index contributed by atoms with van der Waals surface area (Å²) in [4.78, 5) is 2.30. The van der Waals surface area contributed by atoms with Gasteiger partial charge in [0, 0.05) is 38.5 Å². The van der Waals surface area contributed by atoms with Gasteiger partial charge in [-0.1, -0.05) is 19.9 Å². The summed E-state index contributed by atoms with van der Waals surface area (Å²) in [5.74, 6) is 0. The van der Waals surface area contributed by atoms with Gasteiger partial charge < -0.3 is 15.3 Å². The Hall–Kier alpha value is -1.06. The second-order valence-corrected chi connectivity index (χ2v) is 5.85. The number of unbranched alkanes of at least 4 members (excludes halogenated alkanes) is 2. The van der Waals surface area contributed by atoms with Crippen LogP contribution in [0.4, 0.5) is 5.69 Å². The average molecular weight is 278 g/mol. The largest absolute Gasteiger partial charge is 0.396 e. The van der Waals surface area contributed by atoms with E-state index in [2.05, 4.69) is 56.2 Å². The molecule has 20 heavy (non-hydrogen) atoms. The van der Waals surface area contributed by atoms with Gasteiger partial charge in [0.1, 0.15) is 0 Å². The number of aliphatic hydroxyl groups excluding tert-OH is 1. The zero-order valence-corrected chi connectivity index (χ0v) is 13.4. The molecule has 0 radical (unpaired) electrons. The Morgan fingerprint density at radius 2 is 1.95 bits per heavy atom. The lowest BCUT2D eigenvalue weighted by molar-refractivity contribution is 0.283. The Balaban J connectivity index is 2.52. The van der Waals surface area contributed by atoms with Gasteiger partial charge in [-0.25, -0.2) is 0 Å². The second kappa shape index (κ2) is 8.98. The van der Waals surface area contributed by atoms with Gasteiger partial charge in [-0.05, 0) is 49.4 Å². The van der Waals surface area contributed by atoms with Crippen LogP contribution >= 0.6 is 0 Å². The smallest absolute Gasteiger partial charge is 0.0431 e. The molecule has 0 heterocycles. The maximum atomic E-state index is 8.79. The molecule has 0 aromatic heterocycles. The molecule has 3 heteroatoms. The lowest BCUT2D eigenvalue weighted by Gasteiger charge is -2.21. The van der Waals surface area contributed by atoms with Crippen molar-refractivity contribution in [3.05, 3.63) is 29.3 Å². The SMILES string of the molecule is Cc1cc(N(C)CCCCCO)ccc1CNC(C)C. The van der Waals surface area contributed by atoms with Gasteiger partial charge in [-0.3, -0.25) is 0 Å². The molecule has 0 aliphatic heterocycles. The fourth-order valence-electron chi connectivity index (χ4n) is 2.20. The number of hydrogen-bond acceptors (Lipinski definition) is 3. The predicted octanol–water partition coefficient (Wildman–Crippen LogP) is 3.09. The molecule has 0 fully saturated rings. The van der Waals surface area contributed by atoms with Gasteiger partial charge in [-0.15, -0.1) is 0 Å². The maximum Gasteiger partial charge on any atom is 0.0431 e. The van der Waals surface area contributed by atoms with Gasteiger partial charge in [0.25, 0.3) is 0 Å². The third-order valence-electron chi connectivity index (χ3n) is 3.62. The highest BCUT2D eigenvalue weighted by Gasteiger charge is 2.05. The van der Waals surface area contributed by atoms with E-state index in [0.717, 1.165) is 32.4 Å². The highest BCUT2D eigenvalue weighted by atomic mass is 16.2. The van der Waals surface area contributed by atoms with Crippen molar-refractivity contribution in [1.29, 1.82) is 0 Å². The molecule has 0 bridgehead atoms. The van der Waals surface area contributed by atoms with E-state index in [4.69, 9.17) is 5.11 Å². The normalized spacial score (nSPS) is 11.1. The van der Waals surface area contributed by atoms with Crippen LogP contribution in [0.5, 0.6) is 0 Å². The van der Waals surface area contributed by atoms with Crippen LogP contribution in [0.25, 0.3) is 0 Å². The highest BCUT2D eigenvalue weighted by Crippen LogP contribution is 2.19. The first kappa shape index (κ1) is 17.0. The molecular formula is C17H30N2O. The minimum absolute atomic E-state index is 0.306. The van der Waals surface area contributed by atoms with Gasteiger partial charge in [0.15, 0.2) is 0 Å². The third kappa shape index (κ3) is 5.93. The molecule has 0 amide bonds. The van der Waals surface area contributed by atoms with Gasteiger partial charge in [-0.2, -0.15) is 0 Å². The quantitative estimate of drug-likeness (QED) is 0.681. The van der Waals surface area contributed by atoms with Crippen LogP contribution in [0.15, 0.2) is 18.2 Å². The molecule has 0 aliphatic rings. The monoisotopic (exact) mass is 278 g/mol. The van der Waals surface area contributed by atoms with Crippen molar-refractivity contribution in [2.75, 3.05) is 25.1 Å². The van der Waals surface area contributed by atoms with Crippen molar-refractivity contribution in [2.45, 2.75) is 52.6 Å². The Morgan fingerprint density at radius 1 is 1.20 bits per heavy atom. The number of hydrogen-bond donors (Lipinski definition) is 2. The summed E-state index contributed by atoms with van der Waals surface area (Å²) >= 11 is 0. The van der Waals surface area contributed by atoms with Crippen LogP contribution in [0.2, 0.25) is 0 Å². The van der Waals surface area contributed by atoms with Crippen LogP contribution in [0.3, 0.4) is 0 Å². The van der Waals surface area contributed by atoms with E-state index in [9.17, 15) is 0 Å². The number of nitrogens with zero attached hydrogens (tertiary/aromatic N) is 1. The summed E-state index contributed by atoms with van der Waals surface area (Å²) in [6.07, 6.45) is 3.13. The van der Waals surface area contributed by atoms with Crippen molar-refractivity contribution in [3.8, 4) is 0 Å². The Bertz CT molecular complexity index is 391. The molecule has 3 nitrogen and oxygen atoms in total. The minimum Gasteiger partial charge on any atom is -0.396 e. The molecule has 0 atom stereocenters. The van der Waals surface area contributed by atoms with E-state index in [1.54, 1.807) is 0 Å². The first-order valence-electron chi connectivity index (χ1n) is 7.69. The van der Waals surface area contributed by atoms with E-state index < -0.39 is 0 Å². The Labute approximate surface area is 124 Å². The fourth-order valence-corrected chi connectivity index (χ4v) is 2.20. The molecule has 0 aliphatic carbocycles. The van der Waals surface area contributed by atoms with Gasteiger partial charge in [0.2, 0.25) is 0 Å². The molecule has 0 spiro atoms. The molecule has 0 saturated heterocycles. The topological polar surface area (TPSA) is 35.5 Å².